The summed E-state index contributed by atoms with van der Waals surface area (Å²) in [6.45, 7) is 4.00. The molecule has 118 valence electrons. The first kappa shape index (κ1) is 16.6. The Balaban J connectivity index is 2.38. The lowest BCUT2D eigenvalue weighted by atomic mass is 10.0. The first-order valence-electron chi connectivity index (χ1n) is 7.23. The van der Waals surface area contributed by atoms with E-state index in [-0.39, 0.29) is 5.78 Å². The molecule has 4 heteroatoms. The van der Waals surface area contributed by atoms with Crippen LogP contribution in [0, 0.1) is 0 Å². The van der Waals surface area contributed by atoms with Crippen LogP contribution in [0.25, 0.3) is 0 Å². The molecule has 0 saturated heterocycles. The van der Waals surface area contributed by atoms with Crippen molar-refractivity contribution in [1.82, 2.24) is 4.90 Å². The van der Waals surface area contributed by atoms with Gasteiger partial charge in [0.25, 0.3) is 0 Å². The van der Waals surface area contributed by atoms with Gasteiger partial charge in [0.15, 0.2) is 5.78 Å². The molecule has 0 spiro atoms. The molecule has 0 bridgehead atoms. The Morgan fingerprint density at radius 2 is 1.78 bits per heavy atom. The number of ether oxygens (including phenoxy) is 1. The zero-order valence-electron chi connectivity index (χ0n) is 13.3. The van der Waals surface area contributed by atoms with Crippen LogP contribution >= 0.6 is 0 Å². The fourth-order valence-corrected chi connectivity index (χ4v) is 2.17. The second kappa shape index (κ2) is 7.51. The number of ketones is 1. The molecule has 2 aromatic carbocycles. The summed E-state index contributed by atoms with van der Waals surface area (Å²) in [6.07, 6.45) is 1.10. The molecule has 0 aromatic heterocycles. The molecular weight excluding hydrogens is 290 g/mol. The van der Waals surface area contributed by atoms with Gasteiger partial charge in [0.1, 0.15) is 5.75 Å². The quantitative estimate of drug-likeness (QED) is 0.356. The summed E-state index contributed by atoms with van der Waals surface area (Å²) in [6, 6.07) is 14.2. The molecule has 2 aromatic rings. The van der Waals surface area contributed by atoms with E-state index in [1.807, 2.05) is 43.3 Å². The molecule has 0 aliphatic heterocycles. The van der Waals surface area contributed by atoms with Gasteiger partial charge in [0.05, 0.1) is 0 Å². The summed E-state index contributed by atoms with van der Waals surface area (Å²) >= 11 is 0. The second-order valence-electron chi connectivity index (χ2n) is 5.38. The van der Waals surface area contributed by atoms with Gasteiger partial charge in [-0.1, -0.05) is 49.0 Å². The Morgan fingerprint density at radius 1 is 1.09 bits per heavy atom. The molecule has 0 aliphatic carbocycles. The lowest BCUT2D eigenvalue weighted by Gasteiger charge is -2.14. The maximum absolute atomic E-state index is 12.5. The number of carbonyl (C=O) groups is 2. The smallest absolute Gasteiger partial charge is 0.335 e. The van der Waals surface area contributed by atoms with Crippen LogP contribution in [-0.2, 0) is 11.3 Å². The van der Waals surface area contributed by atoms with Crippen LogP contribution in [0.15, 0.2) is 61.2 Å². The zero-order chi connectivity index (χ0) is 16.8. The lowest BCUT2D eigenvalue weighted by molar-refractivity contribution is -0.129. The highest BCUT2D eigenvalue weighted by atomic mass is 16.5. The van der Waals surface area contributed by atoms with Crippen LogP contribution in [0.3, 0.4) is 0 Å². The highest BCUT2D eigenvalue weighted by molar-refractivity contribution is 6.09. The van der Waals surface area contributed by atoms with Gasteiger partial charge in [-0.2, -0.15) is 0 Å². The van der Waals surface area contributed by atoms with Crippen LogP contribution in [0.5, 0.6) is 5.75 Å². The van der Waals surface area contributed by atoms with E-state index in [9.17, 15) is 9.59 Å². The molecule has 0 unspecified atom stereocenters. The number of esters is 1. The average Bonchev–Trinajstić information content (AvgIpc) is 2.56. The predicted octanol–water partition coefficient (Wildman–Crippen LogP) is 3.07. The van der Waals surface area contributed by atoms with Crippen molar-refractivity contribution in [2.75, 3.05) is 14.1 Å². The van der Waals surface area contributed by atoms with Crippen LogP contribution in [-0.4, -0.2) is 30.7 Å². The normalized spacial score (nSPS) is 10.4. The Labute approximate surface area is 136 Å². The number of hydrogen-bond acceptors (Lipinski definition) is 4. The van der Waals surface area contributed by atoms with Gasteiger partial charge in [-0.25, -0.2) is 4.79 Å². The van der Waals surface area contributed by atoms with E-state index in [0.29, 0.717) is 23.4 Å². The molecule has 0 radical (unpaired) electrons. The van der Waals surface area contributed by atoms with E-state index < -0.39 is 5.97 Å². The van der Waals surface area contributed by atoms with Crippen LogP contribution in [0.1, 0.15) is 21.5 Å². The molecule has 0 N–H and O–H groups in total. The summed E-state index contributed by atoms with van der Waals surface area (Å²) in [5, 5.41) is 0. The van der Waals surface area contributed by atoms with E-state index in [1.165, 1.54) is 0 Å². The van der Waals surface area contributed by atoms with E-state index in [0.717, 1.165) is 11.6 Å². The minimum absolute atomic E-state index is 0.113. The highest BCUT2D eigenvalue weighted by Gasteiger charge is 2.14. The van der Waals surface area contributed by atoms with Crippen molar-refractivity contribution in [2.45, 2.75) is 6.54 Å². The molecule has 0 atom stereocenters. The summed E-state index contributed by atoms with van der Waals surface area (Å²) in [4.78, 5) is 26.0. The third-order valence-electron chi connectivity index (χ3n) is 3.23. The van der Waals surface area contributed by atoms with Gasteiger partial charge in [-0.15, -0.1) is 0 Å². The molecule has 4 nitrogen and oxygen atoms in total. The fourth-order valence-electron chi connectivity index (χ4n) is 2.17. The molecule has 0 heterocycles. The van der Waals surface area contributed by atoms with Crippen LogP contribution in [0.4, 0.5) is 0 Å². The minimum Gasteiger partial charge on any atom is -0.423 e. The van der Waals surface area contributed by atoms with Crippen LogP contribution in [0.2, 0.25) is 0 Å². The SMILES string of the molecule is C=CC(=O)Oc1cc(C(=O)c2ccccc2)ccc1CN(C)C. The van der Waals surface area contributed by atoms with Crippen LogP contribution < -0.4 is 4.74 Å². The largest absolute Gasteiger partial charge is 0.423 e. The van der Waals surface area contributed by atoms with Gasteiger partial charge >= 0.3 is 5.97 Å². The fraction of sp³-hybridized carbons (Fsp3) is 0.158. The summed E-state index contributed by atoms with van der Waals surface area (Å²) in [5.41, 5.74) is 1.90. The zero-order valence-corrected chi connectivity index (χ0v) is 13.3. The molecule has 0 fully saturated rings. The number of hydrogen-bond donors (Lipinski definition) is 0. The third-order valence-corrected chi connectivity index (χ3v) is 3.23. The van der Waals surface area contributed by atoms with Crippen molar-refractivity contribution >= 4 is 11.8 Å². The minimum atomic E-state index is -0.547. The lowest BCUT2D eigenvalue weighted by Crippen LogP contribution is -2.14. The van der Waals surface area contributed by atoms with E-state index in [4.69, 9.17) is 4.74 Å². The number of benzene rings is 2. The topological polar surface area (TPSA) is 46.6 Å². The van der Waals surface area contributed by atoms with E-state index in [2.05, 4.69) is 6.58 Å². The highest BCUT2D eigenvalue weighted by Crippen LogP contribution is 2.24. The number of carbonyl (C=O) groups excluding carboxylic acids is 2. The molecule has 2 rings (SSSR count). The summed E-state index contributed by atoms with van der Waals surface area (Å²) in [7, 11) is 3.84. The Morgan fingerprint density at radius 3 is 2.39 bits per heavy atom. The monoisotopic (exact) mass is 309 g/mol. The van der Waals surface area contributed by atoms with E-state index in [1.54, 1.807) is 24.3 Å². The first-order chi connectivity index (χ1) is 11.0. The Hall–Kier alpha value is -2.72. The Bertz CT molecular complexity index is 721. The first-order valence-corrected chi connectivity index (χ1v) is 7.23. The van der Waals surface area contributed by atoms with Gasteiger partial charge in [0.2, 0.25) is 0 Å². The van der Waals surface area contributed by atoms with Crippen molar-refractivity contribution in [3.63, 3.8) is 0 Å². The van der Waals surface area contributed by atoms with Crippen molar-refractivity contribution in [3.05, 3.63) is 77.9 Å². The van der Waals surface area contributed by atoms with Gasteiger partial charge < -0.3 is 9.64 Å². The molecule has 0 aliphatic rings. The standard InChI is InChI=1S/C19H19NO3/c1-4-18(21)23-17-12-15(10-11-16(17)13-20(2)3)19(22)14-8-6-5-7-9-14/h4-12H,1,13H2,2-3H3. The van der Waals surface area contributed by atoms with Gasteiger partial charge in [-0.05, 0) is 20.2 Å². The van der Waals surface area contributed by atoms with Crippen molar-refractivity contribution in [2.24, 2.45) is 0 Å². The summed E-state index contributed by atoms with van der Waals surface area (Å²) < 4.78 is 5.29. The number of nitrogens with zero attached hydrogens (tertiary/aromatic N) is 1. The average molecular weight is 309 g/mol. The van der Waals surface area contributed by atoms with E-state index >= 15 is 0 Å². The van der Waals surface area contributed by atoms with Gasteiger partial charge in [-0.3, -0.25) is 4.79 Å². The molecule has 0 amide bonds. The maximum atomic E-state index is 12.5. The van der Waals surface area contributed by atoms with Crippen molar-refractivity contribution in [3.8, 4) is 5.75 Å². The maximum Gasteiger partial charge on any atom is 0.335 e. The van der Waals surface area contributed by atoms with Crippen molar-refractivity contribution in [1.29, 1.82) is 0 Å². The van der Waals surface area contributed by atoms with Gasteiger partial charge in [0, 0.05) is 29.3 Å². The Kier molecular flexibility index (Phi) is 5.44. The second-order valence-corrected chi connectivity index (χ2v) is 5.38. The molecule has 0 saturated carbocycles. The number of rotatable bonds is 6. The predicted molar refractivity (Wildman–Crippen MR) is 89.5 cm³/mol. The summed E-state index contributed by atoms with van der Waals surface area (Å²) in [5.74, 6) is -0.280. The molecular formula is C19H19NO3. The third kappa shape index (κ3) is 4.37. The van der Waals surface area contributed by atoms with Crippen molar-refractivity contribution < 1.29 is 14.3 Å². The molecule has 23 heavy (non-hydrogen) atoms.